The van der Waals surface area contributed by atoms with E-state index in [0.29, 0.717) is 5.69 Å². The highest BCUT2D eigenvalue weighted by molar-refractivity contribution is 5.94. The van der Waals surface area contributed by atoms with Crippen molar-refractivity contribution in [1.82, 2.24) is 9.78 Å². The molecule has 1 rings (SSSR count). The number of alkyl halides is 3. The van der Waals surface area contributed by atoms with Gasteiger partial charge in [-0.2, -0.15) is 18.3 Å². The molecule has 1 aromatic rings. The third-order valence-corrected chi connectivity index (χ3v) is 1.92. The molecule has 0 aliphatic heterocycles. The molecule has 6 heteroatoms. The SMILES string of the molecule is CCC(=O)c1cc(C)n(CC(F)(F)F)n1. The molecule has 0 radical (unpaired) electrons. The fraction of sp³-hybridized carbons (Fsp3) is 0.556. The minimum atomic E-state index is -4.32. The quantitative estimate of drug-likeness (QED) is 0.733. The summed E-state index contributed by atoms with van der Waals surface area (Å²) in [6.07, 6.45) is -4.08. The van der Waals surface area contributed by atoms with E-state index in [4.69, 9.17) is 0 Å². The highest BCUT2D eigenvalue weighted by Gasteiger charge is 2.29. The van der Waals surface area contributed by atoms with Crippen LogP contribution in [0.3, 0.4) is 0 Å². The summed E-state index contributed by atoms with van der Waals surface area (Å²) in [4.78, 5) is 11.2. The normalized spacial score (nSPS) is 11.8. The van der Waals surface area contributed by atoms with Gasteiger partial charge in [-0.25, -0.2) is 0 Å². The van der Waals surface area contributed by atoms with Crippen LogP contribution in [0.2, 0.25) is 0 Å². The summed E-state index contributed by atoms with van der Waals surface area (Å²) in [5.74, 6) is -0.251. The molecule has 0 amide bonds. The van der Waals surface area contributed by atoms with E-state index >= 15 is 0 Å². The van der Waals surface area contributed by atoms with Crippen LogP contribution in [0.4, 0.5) is 13.2 Å². The Morgan fingerprint density at radius 1 is 1.53 bits per heavy atom. The number of hydrogen-bond donors (Lipinski definition) is 0. The molecule has 1 aromatic heterocycles. The molecule has 84 valence electrons. The minimum absolute atomic E-state index is 0.0965. The molecule has 0 unspecified atom stereocenters. The minimum Gasteiger partial charge on any atom is -0.292 e. The van der Waals surface area contributed by atoms with Crippen LogP contribution in [0, 0.1) is 6.92 Å². The first-order valence-electron chi connectivity index (χ1n) is 4.48. The highest BCUT2D eigenvalue weighted by atomic mass is 19.4. The zero-order chi connectivity index (χ0) is 11.6. The van der Waals surface area contributed by atoms with Crippen molar-refractivity contribution < 1.29 is 18.0 Å². The lowest BCUT2D eigenvalue weighted by atomic mass is 10.2. The number of carbonyl (C=O) groups excluding carboxylic acids is 1. The largest absolute Gasteiger partial charge is 0.408 e. The molecule has 0 bridgehead atoms. The fourth-order valence-electron chi connectivity index (χ4n) is 1.16. The molecule has 0 aliphatic rings. The summed E-state index contributed by atoms with van der Waals surface area (Å²) in [6.45, 7) is 1.97. The lowest BCUT2D eigenvalue weighted by Gasteiger charge is -2.07. The number of Topliss-reactive ketones (excluding diaryl/α,β-unsaturated/α-hetero) is 1. The van der Waals surface area contributed by atoms with Crippen molar-refractivity contribution in [2.75, 3.05) is 0 Å². The first-order valence-corrected chi connectivity index (χ1v) is 4.48. The van der Waals surface area contributed by atoms with Crippen molar-refractivity contribution in [3.05, 3.63) is 17.5 Å². The van der Waals surface area contributed by atoms with E-state index < -0.39 is 12.7 Å². The van der Waals surface area contributed by atoms with E-state index in [-0.39, 0.29) is 17.9 Å². The van der Waals surface area contributed by atoms with Crippen LogP contribution >= 0.6 is 0 Å². The van der Waals surface area contributed by atoms with Gasteiger partial charge in [0.2, 0.25) is 0 Å². The summed E-state index contributed by atoms with van der Waals surface area (Å²) >= 11 is 0. The van der Waals surface area contributed by atoms with Crippen LogP contribution in [-0.4, -0.2) is 21.7 Å². The third kappa shape index (κ3) is 3.07. The number of ketones is 1. The average Bonchev–Trinajstić information content (AvgIpc) is 2.44. The van der Waals surface area contributed by atoms with Gasteiger partial charge in [0.25, 0.3) is 0 Å². The van der Waals surface area contributed by atoms with Crippen molar-refractivity contribution in [3.63, 3.8) is 0 Å². The molecule has 3 nitrogen and oxygen atoms in total. The summed E-state index contributed by atoms with van der Waals surface area (Å²) < 4.78 is 37.0. The van der Waals surface area contributed by atoms with Gasteiger partial charge in [0.1, 0.15) is 12.2 Å². The first-order chi connectivity index (χ1) is 6.83. The van der Waals surface area contributed by atoms with Crippen molar-refractivity contribution in [1.29, 1.82) is 0 Å². The predicted molar refractivity (Wildman–Crippen MR) is 47.6 cm³/mol. The van der Waals surface area contributed by atoms with Gasteiger partial charge in [0.05, 0.1) is 0 Å². The van der Waals surface area contributed by atoms with E-state index in [2.05, 4.69) is 5.10 Å². The van der Waals surface area contributed by atoms with E-state index in [1.165, 1.54) is 13.0 Å². The Kier molecular flexibility index (Phi) is 3.16. The van der Waals surface area contributed by atoms with Crippen LogP contribution in [0.25, 0.3) is 0 Å². The third-order valence-electron chi connectivity index (χ3n) is 1.92. The van der Waals surface area contributed by atoms with Gasteiger partial charge < -0.3 is 0 Å². The molecule has 0 saturated carbocycles. The van der Waals surface area contributed by atoms with Crippen LogP contribution in [-0.2, 0) is 6.54 Å². The lowest BCUT2D eigenvalue weighted by Crippen LogP contribution is -2.19. The van der Waals surface area contributed by atoms with Crippen molar-refractivity contribution in [2.45, 2.75) is 33.0 Å². The molecule has 0 aliphatic carbocycles. The molecule has 0 spiro atoms. The van der Waals surface area contributed by atoms with Gasteiger partial charge in [-0.15, -0.1) is 0 Å². The molecular formula is C9H11F3N2O. The lowest BCUT2D eigenvalue weighted by molar-refractivity contribution is -0.142. The second-order valence-corrected chi connectivity index (χ2v) is 3.22. The molecule has 0 atom stereocenters. The number of carbonyl (C=O) groups is 1. The zero-order valence-corrected chi connectivity index (χ0v) is 8.43. The van der Waals surface area contributed by atoms with Crippen molar-refractivity contribution >= 4 is 5.78 Å². The maximum Gasteiger partial charge on any atom is 0.408 e. The van der Waals surface area contributed by atoms with E-state index in [1.54, 1.807) is 6.92 Å². The smallest absolute Gasteiger partial charge is 0.292 e. The monoisotopic (exact) mass is 220 g/mol. The molecule has 0 N–H and O–H groups in total. The first kappa shape index (κ1) is 11.7. The second kappa shape index (κ2) is 4.04. The Morgan fingerprint density at radius 2 is 2.13 bits per heavy atom. The number of rotatable bonds is 3. The summed E-state index contributed by atoms with van der Waals surface area (Å²) in [7, 11) is 0. The summed E-state index contributed by atoms with van der Waals surface area (Å²) in [5.41, 5.74) is 0.434. The van der Waals surface area contributed by atoms with E-state index in [0.717, 1.165) is 4.68 Å². The zero-order valence-electron chi connectivity index (χ0n) is 8.43. The van der Waals surface area contributed by atoms with Gasteiger partial charge in [-0.1, -0.05) is 6.92 Å². The van der Waals surface area contributed by atoms with Gasteiger partial charge >= 0.3 is 6.18 Å². The molecule has 1 heterocycles. The van der Waals surface area contributed by atoms with Gasteiger partial charge in [0, 0.05) is 12.1 Å². The number of hydrogen-bond acceptors (Lipinski definition) is 2. The van der Waals surface area contributed by atoms with Crippen molar-refractivity contribution in [2.24, 2.45) is 0 Å². The average molecular weight is 220 g/mol. The maximum atomic E-state index is 12.1. The Bertz CT molecular complexity index is 368. The number of nitrogens with zero attached hydrogens (tertiary/aromatic N) is 2. The highest BCUT2D eigenvalue weighted by Crippen LogP contribution is 2.18. The molecular weight excluding hydrogens is 209 g/mol. The van der Waals surface area contributed by atoms with Crippen molar-refractivity contribution in [3.8, 4) is 0 Å². The number of halogens is 3. The van der Waals surface area contributed by atoms with Crippen LogP contribution in [0.1, 0.15) is 29.5 Å². The van der Waals surface area contributed by atoms with Gasteiger partial charge in [0.15, 0.2) is 5.78 Å². The Hall–Kier alpha value is -1.33. The Labute approximate surface area is 84.9 Å². The molecule has 0 fully saturated rings. The molecule has 15 heavy (non-hydrogen) atoms. The van der Waals surface area contributed by atoms with Crippen LogP contribution in [0.15, 0.2) is 6.07 Å². The standard InChI is InChI=1S/C9H11F3N2O/c1-3-8(15)7-4-6(2)14(13-7)5-9(10,11)12/h4H,3,5H2,1-2H3. The van der Waals surface area contributed by atoms with Crippen LogP contribution < -0.4 is 0 Å². The van der Waals surface area contributed by atoms with Crippen LogP contribution in [0.5, 0.6) is 0 Å². The van der Waals surface area contributed by atoms with Gasteiger partial charge in [-0.05, 0) is 13.0 Å². The fourth-order valence-corrected chi connectivity index (χ4v) is 1.16. The topological polar surface area (TPSA) is 34.9 Å². The van der Waals surface area contributed by atoms with Gasteiger partial charge in [-0.3, -0.25) is 9.48 Å². The molecule has 0 saturated heterocycles. The summed E-state index contributed by atoms with van der Waals surface area (Å²) in [6, 6.07) is 1.37. The maximum absolute atomic E-state index is 12.1. The second-order valence-electron chi connectivity index (χ2n) is 3.22. The van der Waals surface area contributed by atoms with E-state index in [1.807, 2.05) is 0 Å². The molecule has 0 aromatic carbocycles. The summed E-state index contributed by atoms with van der Waals surface area (Å²) in [5, 5.41) is 3.61. The number of aromatic nitrogens is 2. The predicted octanol–water partition coefficient (Wildman–Crippen LogP) is 2.35. The number of aryl methyl sites for hydroxylation is 1. The Morgan fingerprint density at radius 3 is 2.60 bits per heavy atom. The Balaban J connectivity index is 2.92. The van der Waals surface area contributed by atoms with E-state index in [9.17, 15) is 18.0 Å².